The summed E-state index contributed by atoms with van der Waals surface area (Å²) in [6, 6.07) is 0. The first-order chi connectivity index (χ1) is 9.81. The monoisotopic (exact) mass is 313 g/mol. The molecule has 0 rings (SSSR count). The molecule has 0 heterocycles. The minimum absolute atomic E-state index is 0.440. The van der Waals surface area contributed by atoms with Crippen molar-refractivity contribution < 1.29 is 4.92 Å². The molecule has 0 aromatic rings. The third-order valence-electron chi connectivity index (χ3n) is 2.50. The lowest BCUT2D eigenvalue weighted by atomic mass is 10.2. The molecule has 0 spiro atoms. The van der Waals surface area contributed by atoms with Gasteiger partial charge in [-0.25, -0.2) is 0 Å². The fraction of sp³-hybridized carbons (Fsp3) is 0.600. The average Bonchev–Trinajstić information content (AvgIpc) is 2.34. The van der Waals surface area contributed by atoms with Gasteiger partial charge in [0.2, 0.25) is 0 Å². The predicted molar refractivity (Wildman–Crippen MR) is 92.1 cm³/mol. The number of thioether (sulfide) groups is 1. The molecule has 0 aliphatic rings. The molecule has 0 atom stereocenters. The largest absolute Gasteiger partial charge is 0.383 e. The average molecular weight is 313 g/mol. The van der Waals surface area contributed by atoms with E-state index in [4.69, 9.17) is 0 Å². The van der Waals surface area contributed by atoms with E-state index in [9.17, 15) is 10.1 Å². The van der Waals surface area contributed by atoms with E-state index in [0.717, 1.165) is 30.8 Å². The van der Waals surface area contributed by atoms with Crippen LogP contribution in [-0.4, -0.2) is 48.5 Å². The lowest BCUT2D eigenvalue weighted by molar-refractivity contribution is -0.403. The highest BCUT2D eigenvalue weighted by molar-refractivity contribution is 7.99. The zero-order valence-electron chi connectivity index (χ0n) is 13.7. The molecule has 0 aromatic heterocycles. The Balaban J connectivity index is 3.89. The van der Waals surface area contributed by atoms with Crippen LogP contribution in [0.1, 0.15) is 20.8 Å². The van der Waals surface area contributed by atoms with Gasteiger partial charge in [0.25, 0.3) is 6.20 Å². The Labute approximate surface area is 132 Å². The molecule has 6 heteroatoms. The Hall–Kier alpha value is -1.27. The van der Waals surface area contributed by atoms with E-state index in [1.54, 1.807) is 6.92 Å². The number of allylic oxidation sites excluding steroid dienone is 3. The Morgan fingerprint density at radius 1 is 1.24 bits per heavy atom. The van der Waals surface area contributed by atoms with Crippen LogP contribution in [0, 0.1) is 10.1 Å². The van der Waals surface area contributed by atoms with Crippen molar-refractivity contribution in [2.45, 2.75) is 20.8 Å². The van der Waals surface area contributed by atoms with Crippen LogP contribution in [0.2, 0.25) is 0 Å². The van der Waals surface area contributed by atoms with Crippen LogP contribution in [0.5, 0.6) is 0 Å². The molecule has 0 radical (unpaired) electrons. The number of rotatable bonds is 10. The van der Waals surface area contributed by atoms with Crippen molar-refractivity contribution in [2.75, 3.05) is 38.7 Å². The molecule has 1 N–H and O–H groups in total. The summed E-state index contributed by atoms with van der Waals surface area (Å²) in [5, 5.41) is 13.3. The summed E-state index contributed by atoms with van der Waals surface area (Å²) in [5.41, 5.74) is 3.26. The lowest BCUT2D eigenvalue weighted by Crippen LogP contribution is -2.15. The number of nitrogens with one attached hydrogen (secondary N) is 1. The predicted octanol–water partition coefficient (Wildman–Crippen LogP) is 2.90. The van der Waals surface area contributed by atoms with Crippen molar-refractivity contribution >= 4 is 11.8 Å². The van der Waals surface area contributed by atoms with Gasteiger partial charge in [0.15, 0.2) is 0 Å². The molecule has 0 fully saturated rings. The molecule has 0 saturated carbocycles. The van der Waals surface area contributed by atoms with Crippen LogP contribution in [-0.2, 0) is 0 Å². The van der Waals surface area contributed by atoms with Crippen LogP contribution in [0.3, 0.4) is 0 Å². The molecule has 5 nitrogen and oxygen atoms in total. The zero-order valence-corrected chi connectivity index (χ0v) is 14.5. The number of hydrogen-bond donors (Lipinski definition) is 1. The van der Waals surface area contributed by atoms with Gasteiger partial charge in [-0.2, -0.15) is 11.8 Å². The standard InChI is InChI=1S/C15H27N3O2S/c1-13(10-17(4)5)6-7-14(2)12-21-9-8-16-15(3)11-18(19)20/h6-7,11,16H,8-10,12H2,1-5H3/b13-6+,14-7?,15-11?. The number of nitro groups is 1. The van der Waals surface area contributed by atoms with E-state index in [1.807, 2.05) is 11.8 Å². The van der Waals surface area contributed by atoms with Gasteiger partial charge in [0.1, 0.15) is 0 Å². The Morgan fingerprint density at radius 2 is 1.86 bits per heavy atom. The summed E-state index contributed by atoms with van der Waals surface area (Å²) in [4.78, 5) is 12.0. The number of nitrogens with zero attached hydrogens (tertiary/aromatic N) is 2. The van der Waals surface area contributed by atoms with Crippen LogP contribution in [0.15, 0.2) is 35.2 Å². The third kappa shape index (κ3) is 13.5. The summed E-state index contributed by atoms with van der Waals surface area (Å²) < 4.78 is 0. The molecule has 120 valence electrons. The highest BCUT2D eigenvalue weighted by Crippen LogP contribution is 2.08. The molecule has 0 aliphatic carbocycles. The molecule has 0 aliphatic heterocycles. The molecular formula is C15H27N3O2S. The van der Waals surface area contributed by atoms with Gasteiger partial charge in [-0.05, 0) is 34.9 Å². The zero-order chi connectivity index (χ0) is 16.3. The van der Waals surface area contributed by atoms with Crippen molar-refractivity contribution in [2.24, 2.45) is 0 Å². The number of hydrogen-bond acceptors (Lipinski definition) is 5. The van der Waals surface area contributed by atoms with Gasteiger partial charge in [-0.1, -0.05) is 23.3 Å². The van der Waals surface area contributed by atoms with E-state index < -0.39 is 4.92 Å². The molecule has 21 heavy (non-hydrogen) atoms. The molecule has 0 amide bonds. The first-order valence-corrected chi connectivity index (χ1v) is 8.08. The van der Waals surface area contributed by atoms with Crippen molar-refractivity contribution in [3.05, 3.63) is 45.3 Å². The van der Waals surface area contributed by atoms with Crippen molar-refractivity contribution in [1.82, 2.24) is 10.2 Å². The summed E-state index contributed by atoms with van der Waals surface area (Å²) in [6.07, 6.45) is 5.32. The second kappa shape index (κ2) is 11.4. The Bertz CT molecular complexity index is 415. The Morgan fingerprint density at radius 3 is 2.43 bits per heavy atom. The van der Waals surface area contributed by atoms with Crippen LogP contribution >= 0.6 is 11.8 Å². The Kier molecular flexibility index (Phi) is 10.7. The molecule has 0 unspecified atom stereocenters. The van der Waals surface area contributed by atoms with Gasteiger partial charge < -0.3 is 10.2 Å². The SMILES string of the molecule is CC(=C/C=C(\C)CN(C)C)CSCCNC(C)=C[N+](=O)[O-]. The topological polar surface area (TPSA) is 58.4 Å². The highest BCUT2D eigenvalue weighted by atomic mass is 32.2. The number of likely N-dealkylation sites (N-methyl/N-ethyl adjacent to an activating group) is 1. The van der Waals surface area contributed by atoms with Gasteiger partial charge in [-0.15, -0.1) is 0 Å². The minimum Gasteiger partial charge on any atom is -0.383 e. The molecule has 0 saturated heterocycles. The maximum atomic E-state index is 10.2. The fourth-order valence-electron chi connectivity index (χ4n) is 1.64. The van der Waals surface area contributed by atoms with E-state index in [0.29, 0.717) is 5.70 Å². The fourth-order valence-corrected chi connectivity index (χ4v) is 2.45. The van der Waals surface area contributed by atoms with Gasteiger partial charge in [0, 0.05) is 24.6 Å². The van der Waals surface area contributed by atoms with Gasteiger partial charge >= 0.3 is 0 Å². The van der Waals surface area contributed by atoms with Crippen LogP contribution < -0.4 is 5.32 Å². The maximum Gasteiger partial charge on any atom is 0.252 e. The van der Waals surface area contributed by atoms with Gasteiger partial charge in [-0.3, -0.25) is 10.1 Å². The smallest absolute Gasteiger partial charge is 0.252 e. The van der Waals surface area contributed by atoms with Crippen molar-refractivity contribution in [1.29, 1.82) is 0 Å². The third-order valence-corrected chi connectivity index (χ3v) is 3.65. The molecule has 0 aromatic carbocycles. The van der Waals surface area contributed by atoms with E-state index >= 15 is 0 Å². The molecular weight excluding hydrogens is 286 g/mol. The summed E-state index contributed by atoms with van der Waals surface area (Å²) in [5.74, 6) is 1.90. The summed E-state index contributed by atoms with van der Waals surface area (Å²) >= 11 is 1.82. The van der Waals surface area contributed by atoms with Crippen LogP contribution in [0.4, 0.5) is 0 Å². The summed E-state index contributed by atoms with van der Waals surface area (Å²) in [6.45, 7) is 7.67. The lowest BCUT2D eigenvalue weighted by Gasteiger charge is -2.09. The van der Waals surface area contributed by atoms with E-state index in [2.05, 4.69) is 50.3 Å². The minimum atomic E-state index is -0.440. The maximum absolute atomic E-state index is 10.2. The first kappa shape index (κ1) is 19.7. The quantitative estimate of drug-likeness (QED) is 0.291. The van der Waals surface area contributed by atoms with E-state index in [1.165, 1.54) is 11.1 Å². The van der Waals surface area contributed by atoms with Crippen molar-refractivity contribution in [3.8, 4) is 0 Å². The van der Waals surface area contributed by atoms with Crippen LogP contribution in [0.25, 0.3) is 0 Å². The first-order valence-electron chi connectivity index (χ1n) is 6.92. The van der Waals surface area contributed by atoms with Crippen molar-refractivity contribution in [3.63, 3.8) is 0 Å². The molecule has 0 bridgehead atoms. The highest BCUT2D eigenvalue weighted by Gasteiger charge is 1.96. The van der Waals surface area contributed by atoms with Gasteiger partial charge in [0.05, 0.1) is 10.6 Å². The second-order valence-corrected chi connectivity index (χ2v) is 6.45. The van der Waals surface area contributed by atoms with E-state index in [-0.39, 0.29) is 0 Å². The summed E-state index contributed by atoms with van der Waals surface area (Å²) in [7, 11) is 4.12. The second-order valence-electron chi connectivity index (χ2n) is 5.34. The normalized spacial score (nSPS) is 13.7.